The Balaban J connectivity index is 1.71. The van der Waals surface area contributed by atoms with Gasteiger partial charge in [0, 0.05) is 12.6 Å². The molecule has 0 spiro atoms. The average Bonchev–Trinajstić information content (AvgIpc) is 3.26. The zero-order valence-corrected chi connectivity index (χ0v) is 17.2. The minimum atomic E-state index is -0.533. The maximum atomic E-state index is 12.3. The number of carbonyl (C=O) groups excluding carboxylic acids is 1. The molecule has 2 aromatic heterocycles. The summed E-state index contributed by atoms with van der Waals surface area (Å²) in [5.41, 5.74) is 0.00920. The number of hydrogen-bond donors (Lipinski definition) is 1. The van der Waals surface area contributed by atoms with Gasteiger partial charge in [-0.05, 0) is 40.5 Å². The van der Waals surface area contributed by atoms with E-state index in [9.17, 15) is 14.9 Å². The Morgan fingerprint density at radius 3 is 2.79 bits per heavy atom. The maximum absolute atomic E-state index is 12.3. The van der Waals surface area contributed by atoms with Crippen LogP contribution in [0.2, 0.25) is 0 Å². The molecule has 0 bridgehead atoms. The fourth-order valence-corrected chi connectivity index (χ4v) is 3.56. The van der Waals surface area contributed by atoms with E-state index < -0.39 is 4.92 Å². The van der Waals surface area contributed by atoms with E-state index in [1.54, 1.807) is 24.3 Å². The molecule has 146 valence electrons. The number of para-hydroxylation sites is 2. The second-order valence-electron chi connectivity index (χ2n) is 5.67. The number of halogens is 1. The van der Waals surface area contributed by atoms with Crippen molar-refractivity contribution < 1.29 is 14.1 Å². The van der Waals surface area contributed by atoms with E-state index >= 15 is 0 Å². The molecule has 0 saturated heterocycles. The number of thioether (sulfide) groups is 1. The number of benzene rings is 1. The fourth-order valence-electron chi connectivity index (χ4n) is 2.49. The Kier molecular flexibility index (Phi) is 6.47. The first-order valence-electron chi connectivity index (χ1n) is 8.34. The number of anilines is 1. The third kappa shape index (κ3) is 4.60. The summed E-state index contributed by atoms with van der Waals surface area (Å²) >= 11 is 4.47. The van der Waals surface area contributed by atoms with Crippen molar-refractivity contribution in [2.75, 3.05) is 11.1 Å². The minimum absolute atomic E-state index is 0.0374. The molecule has 3 aromatic rings. The van der Waals surface area contributed by atoms with Crippen LogP contribution in [-0.2, 0) is 11.3 Å². The lowest BCUT2D eigenvalue weighted by Gasteiger charge is -2.08. The SMILES string of the molecule is CCCn1c(SCC(=O)Nc2ccccc2[N+](=O)[O-])nnc1-c1ccc(Br)o1. The predicted octanol–water partition coefficient (Wildman–Crippen LogP) is 4.35. The molecule has 1 amide bonds. The fraction of sp³-hybridized carbons (Fsp3) is 0.235. The number of nitro benzene ring substituents is 1. The Hall–Kier alpha value is -2.66. The molecule has 0 unspecified atom stereocenters. The van der Waals surface area contributed by atoms with E-state index in [0.29, 0.717) is 28.0 Å². The van der Waals surface area contributed by atoms with Crippen LogP contribution in [0.1, 0.15) is 13.3 Å². The number of hydrogen-bond acceptors (Lipinski definition) is 7. The molecule has 0 saturated carbocycles. The van der Waals surface area contributed by atoms with Gasteiger partial charge in [-0.1, -0.05) is 30.8 Å². The number of aromatic nitrogens is 3. The monoisotopic (exact) mass is 465 g/mol. The van der Waals surface area contributed by atoms with Crippen LogP contribution in [-0.4, -0.2) is 31.3 Å². The summed E-state index contributed by atoms with van der Waals surface area (Å²) in [7, 11) is 0. The second kappa shape index (κ2) is 9.02. The van der Waals surface area contributed by atoms with Crippen molar-refractivity contribution in [2.24, 2.45) is 0 Å². The highest BCUT2D eigenvalue weighted by molar-refractivity contribution is 9.10. The molecule has 1 aromatic carbocycles. The van der Waals surface area contributed by atoms with Gasteiger partial charge in [-0.15, -0.1) is 10.2 Å². The molecule has 9 nitrogen and oxygen atoms in total. The molecule has 0 aliphatic rings. The number of nitrogens with one attached hydrogen (secondary N) is 1. The van der Waals surface area contributed by atoms with Crippen molar-refractivity contribution in [1.29, 1.82) is 0 Å². The lowest BCUT2D eigenvalue weighted by molar-refractivity contribution is -0.383. The molecule has 0 aliphatic carbocycles. The largest absolute Gasteiger partial charge is 0.446 e. The summed E-state index contributed by atoms with van der Waals surface area (Å²) in [5, 5.41) is 22.5. The van der Waals surface area contributed by atoms with Crippen LogP contribution in [0.25, 0.3) is 11.6 Å². The quantitative estimate of drug-likeness (QED) is 0.298. The van der Waals surface area contributed by atoms with E-state index in [0.717, 1.165) is 6.42 Å². The standard InChI is InChI=1S/C17H16BrN5O4S/c1-2-9-22-16(13-7-8-14(18)27-13)20-21-17(22)28-10-15(24)19-11-5-3-4-6-12(11)23(25)26/h3-8H,2,9-10H2,1H3,(H,19,24). The van der Waals surface area contributed by atoms with Gasteiger partial charge in [0.05, 0.1) is 10.7 Å². The molecule has 0 fully saturated rings. The minimum Gasteiger partial charge on any atom is -0.446 e. The highest BCUT2D eigenvalue weighted by Gasteiger charge is 2.19. The van der Waals surface area contributed by atoms with E-state index in [-0.39, 0.29) is 23.0 Å². The van der Waals surface area contributed by atoms with E-state index in [1.807, 2.05) is 11.5 Å². The number of carbonyl (C=O) groups is 1. The van der Waals surface area contributed by atoms with Crippen LogP contribution >= 0.6 is 27.7 Å². The highest BCUT2D eigenvalue weighted by Crippen LogP contribution is 2.28. The molecule has 28 heavy (non-hydrogen) atoms. The zero-order valence-electron chi connectivity index (χ0n) is 14.8. The van der Waals surface area contributed by atoms with Crippen LogP contribution < -0.4 is 5.32 Å². The summed E-state index contributed by atoms with van der Waals surface area (Å²) in [6.45, 7) is 2.69. The van der Waals surface area contributed by atoms with Crippen LogP contribution in [0, 0.1) is 10.1 Å². The maximum Gasteiger partial charge on any atom is 0.292 e. The van der Waals surface area contributed by atoms with Crippen molar-refractivity contribution in [2.45, 2.75) is 25.0 Å². The van der Waals surface area contributed by atoms with E-state index in [4.69, 9.17) is 4.42 Å². The van der Waals surface area contributed by atoms with Gasteiger partial charge in [0.2, 0.25) is 11.7 Å². The molecular weight excluding hydrogens is 450 g/mol. The number of amides is 1. The normalized spacial score (nSPS) is 10.8. The number of rotatable bonds is 8. The van der Waals surface area contributed by atoms with Crippen molar-refractivity contribution >= 4 is 45.0 Å². The Bertz CT molecular complexity index is 1000. The summed E-state index contributed by atoms with van der Waals surface area (Å²) in [5.74, 6) is 0.821. The van der Waals surface area contributed by atoms with Gasteiger partial charge in [0.15, 0.2) is 15.6 Å². The lowest BCUT2D eigenvalue weighted by atomic mass is 10.2. The molecule has 3 rings (SSSR count). The van der Waals surface area contributed by atoms with Crippen molar-refractivity contribution in [3.05, 3.63) is 51.2 Å². The van der Waals surface area contributed by atoms with Gasteiger partial charge < -0.3 is 9.73 Å². The van der Waals surface area contributed by atoms with Crippen LogP contribution in [0.4, 0.5) is 11.4 Å². The number of furan rings is 1. The Labute approximate surface area is 172 Å². The van der Waals surface area contributed by atoms with Crippen LogP contribution in [0.5, 0.6) is 0 Å². The summed E-state index contributed by atoms with van der Waals surface area (Å²) in [4.78, 5) is 22.8. The van der Waals surface area contributed by atoms with Crippen molar-refractivity contribution in [1.82, 2.24) is 14.8 Å². The third-order valence-electron chi connectivity index (χ3n) is 3.66. The van der Waals surface area contributed by atoms with Crippen molar-refractivity contribution in [3.8, 4) is 11.6 Å². The molecule has 1 N–H and O–H groups in total. The first kappa shape index (κ1) is 20.1. The van der Waals surface area contributed by atoms with Gasteiger partial charge in [-0.25, -0.2) is 0 Å². The first-order chi connectivity index (χ1) is 13.5. The smallest absolute Gasteiger partial charge is 0.292 e. The predicted molar refractivity (Wildman–Crippen MR) is 108 cm³/mol. The molecule has 2 heterocycles. The number of nitro groups is 1. The van der Waals surface area contributed by atoms with Gasteiger partial charge in [0.1, 0.15) is 5.69 Å². The topological polar surface area (TPSA) is 116 Å². The van der Waals surface area contributed by atoms with Crippen LogP contribution in [0.15, 0.2) is 50.6 Å². The van der Waals surface area contributed by atoms with Gasteiger partial charge in [-0.2, -0.15) is 0 Å². The summed E-state index contributed by atoms with van der Waals surface area (Å²) < 4.78 is 8.02. The average molecular weight is 466 g/mol. The van der Waals surface area contributed by atoms with Gasteiger partial charge >= 0.3 is 0 Å². The highest BCUT2D eigenvalue weighted by atomic mass is 79.9. The zero-order chi connectivity index (χ0) is 20.1. The molecule has 0 atom stereocenters. The molecular formula is C17H16BrN5O4S. The van der Waals surface area contributed by atoms with E-state index in [2.05, 4.69) is 31.4 Å². The second-order valence-corrected chi connectivity index (χ2v) is 7.40. The first-order valence-corrected chi connectivity index (χ1v) is 10.1. The third-order valence-corrected chi connectivity index (χ3v) is 5.06. The van der Waals surface area contributed by atoms with Gasteiger partial charge in [0.25, 0.3) is 5.69 Å². The lowest BCUT2D eigenvalue weighted by Crippen LogP contribution is -2.15. The van der Waals surface area contributed by atoms with E-state index in [1.165, 1.54) is 23.9 Å². The Morgan fingerprint density at radius 2 is 2.11 bits per heavy atom. The Morgan fingerprint density at radius 1 is 1.32 bits per heavy atom. The molecule has 11 heteroatoms. The summed E-state index contributed by atoms with van der Waals surface area (Å²) in [6.07, 6.45) is 0.850. The molecule has 0 aliphatic heterocycles. The van der Waals surface area contributed by atoms with Crippen molar-refractivity contribution in [3.63, 3.8) is 0 Å². The summed E-state index contributed by atoms with van der Waals surface area (Å²) in [6, 6.07) is 9.57. The van der Waals surface area contributed by atoms with Gasteiger partial charge in [-0.3, -0.25) is 19.5 Å². The molecule has 0 radical (unpaired) electrons. The van der Waals surface area contributed by atoms with Crippen LogP contribution in [0.3, 0.4) is 0 Å². The number of nitrogens with zero attached hydrogens (tertiary/aromatic N) is 4.